The molecule has 0 bridgehead atoms. The first-order valence-electron chi connectivity index (χ1n) is 1.00. The maximum atomic E-state index is 9.35. The van der Waals surface area contributed by atoms with Crippen molar-refractivity contribution in [2.24, 2.45) is 5.90 Å². The van der Waals surface area contributed by atoms with Gasteiger partial charge in [0.1, 0.15) is 0 Å². The minimum absolute atomic E-state index is 0. The molecule has 4 N–H and O–H groups in total. The van der Waals surface area contributed by atoms with Crippen molar-refractivity contribution in [3.63, 3.8) is 0 Å². The molecule has 0 spiro atoms. The van der Waals surface area contributed by atoms with Crippen molar-refractivity contribution in [3.8, 4) is 0 Å². The van der Waals surface area contributed by atoms with Crippen molar-refractivity contribution in [1.82, 2.24) is 0 Å². The van der Waals surface area contributed by atoms with Crippen molar-refractivity contribution in [2.75, 3.05) is 0 Å². The van der Waals surface area contributed by atoms with Gasteiger partial charge in [0.05, 0.1) is 0 Å². The Balaban J connectivity index is 0. The van der Waals surface area contributed by atoms with Gasteiger partial charge >= 0.3 is 7.82 Å². The van der Waals surface area contributed by atoms with Crippen LogP contribution in [-0.2, 0) is 35.4 Å². The first kappa shape index (κ1) is 10.8. The summed E-state index contributed by atoms with van der Waals surface area (Å²) < 4.78 is 12.5. The molecule has 0 aromatic heterocycles. The van der Waals surface area contributed by atoms with E-state index in [1.54, 1.807) is 0 Å². The molecule has 0 unspecified atom stereocenters. The molecule has 0 aliphatic rings. The van der Waals surface area contributed by atoms with Gasteiger partial charge in [-0.05, 0) is 0 Å². The molecule has 0 radical (unpaired) electrons. The summed E-state index contributed by atoms with van der Waals surface area (Å²) >= 11 is 0. The second kappa shape index (κ2) is 3.90. The predicted molar refractivity (Wildman–Crippen MR) is 17.3 cm³/mol. The van der Waals surface area contributed by atoms with Crippen LogP contribution in [0.2, 0.25) is 0 Å². The van der Waals surface area contributed by atoms with E-state index in [2.05, 4.69) is 10.5 Å². The van der Waals surface area contributed by atoms with Gasteiger partial charge in [0.15, 0.2) is 0 Å². The molecule has 0 heterocycles. The summed E-state index contributed by atoms with van der Waals surface area (Å²) in [6.45, 7) is 0. The van der Waals surface area contributed by atoms with E-state index < -0.39 is 7.82 Å². The quantitative estimate of drug-likeness (QED) is 0.375. The zero-order valence-electron chi connectivity index (χ0n) is 3.24. The molecule has 42 valence electrons. The molecule has 0 saturated heterocycles. The van der Waals surface area contributed by atoms with E-state index in [-0.39, 0.29) is 26.2 Å². The van der Waals surface area contributed by atoms with E-state index in [0.29, 0.717) is 0 Å². The van der Waals surface area contributed by atoms with Crippen molar-refractivity contribution in [1.29, 1.82) is 0 Å². The molecule has 5 nitrogen and oxygen atoms in total. The minimum Gasteiger partial charge on any atom is -0.302 e. The monoisotopic (exact) mass is 203 g/mol. The van der Waals surface area contributed by atoms with Crippen LogP contribution in [0, 0.1) is 0 Å². The van der Waals surface area contributed by atoms with E-state index in [4.69, 9.17) is 9.79 Å². The fourth-order valence-electron chi connectivity index (χ4n) is 0. The van der Waals surface area contributed by atoms with Crippen LogP contribution in [0.5, 0.6) is 0 Å². The van der Waals surface area contributed by atoms with Gasteiger partial charge in [-0.25, -0.2) is 15.1 Å². The maximum Gasteiger partial charge on any atom is 0.485 e. The molecule has 0 amide bonds. The third-order valence-electron chi connectivity index (χ3n) is 0.137. The Labute approximate surface area is 59.2 Å². The number of hydrogen-bond donors (Lipinski definition) is 3. The smallest absolute Gasteiger partial charge is 0.302 e. The second-order valence-electron chi connectivity index (χ2n) is 0.596. The average molecular weight is 204 g/mol. The third-order valence-corrected chi connectivity index (χ3v) is 0.412. The molecule has 0 aliphatic carbocycles. The van der Waals surface area contributed by atoms with Gasteiger partial charge in [0, 0.05) is 26.2 Å². The summed E-state index contributed by atoms with van der Waals surface area (Å²) in [7, 11) is -4.37. The molecular formula is H4NO4PZr. The number of hydrogen-bond acceptors (Lipinski definition) is 3. The van der Waals surface area contributed by atoms with Gasteiger partial charge in [-0.15, -0.1) is 0 Å². The van der Waals surface area contributed by atoms with Crippen LogP contribution in [0.4, 0.5) is 0 Å². The Morgan fingerprint density at radius 2 is 1.71 bits per heavy atom. The predicted octanol–water partition coefficient (Wildman–Crippen LogP) is -1.03. The molecular weight excluding hydrogens is 200 g/mol. The summed E-state index contributed by atoms with van der Waals surface area (Å²) in [4.78, 5) is 15.2. The van der Waals surface area contributed by atoms with Gasteiger partial charge in [-0.1, -0.05) is 0 Å². The molecule has 7 heavy (non-hydrogen) atoms. The van der Waals surface area contributed by atoms with Crippen LogP contribution < -0.4 is 5.90 Å². The van der Waals surface area contributed by atoms with Crippen LogP contribution in [-0.4, -0.2) is 9.79 Å². The molecule has 0 rings (SSSR count). The first-order chi connectivity index (χ1) is 2.56. The summed E-state index contributed by atoms with van der Waals surface area (Å²) in [6, 6.07) is 0. The Morgan fingerprint density at radius 3 is 1.71 bits per heavy atom. The van der Waals surface area contributed by atoms with Crippen LogP contribution >= 0.6 is 7.82 Å². The molecule has 0 atom stereocenters. The van der Waals surface area contributed by atoms with Crippen LogP contribution in [0.1, 0.15) is 0 Å². The Morgan fingerprint density at radius 1 is 1.57 bits per heavy atom. The Bertz CT molecular complexity index is 75.8. The van der Waals surface area contributed by atoms with Gasteiger partial charge in [-0.2, -0.15) is 0 Å². The molecule has 0 fully saturated rings. The Hall–Kier alpha value is 0.953. The van der Waals surface area contributed by atoms with Crippen LogP contribution in [0.3, 0.4) is 0 Å². The van der Waals surface area contributed by atoms with Crippen molar-refractivity contribution in [2.45, 2.75) is 0 Å². The summed E-state index contributed by atoms with van der Waals surface area (Å²) in [5.41, 5.74) is 0. The SMILES string of the molecule is NOP(=O)(O)O.[Zr]. The largest absolute Gasteiger partial charge is 0.485 e. The maximum absolute atomic E-state index is 9.35. The third kappa shape index (κ3) is 10.9. The van der Waals surface area contributed by atoms with Gasteiger partial charge < -0.3 is 9.79 Å². The van der Waals surface area contributed by atoms with Crippen molar-refractivity contribution >= 4 is 7.82 Å². The summed E-state index contributed by atoms with van der Waals surface area (Å²) in [5, 5.41) is 0. The zero-order chi connectivity index (χ0) is 5.21. The molecule has 0 aromatic rings. The van der Waals surface area contributed by atoms with Gasteiger partial charge in [0.2, 0.25) is 0 Å². The standard InChI is InChI=1S/H4NO4P.Zr/c1-5-6(2,3)4;/h1H2,(H2,2,3,4);. The van der Waals surface area contributed by atoms with E-state index in [0.717, 1.165) is 0 Å². The van der Waals surface area contributed by atoms with Crippen molar-refractivity contribution in [3.05, 3.63) is 0 Å². The number of nitrogens with two attached hydrogens (primary N) is 1. The molecule has 7 heteroatoms. The number of rotatable bonds is 1. The van der Waals surface area contributed by atoms with Crippen LogP contribution in [0.15, 0.2) is 0 Å². The van der Waals surface area contributed by atoms with Crippen LogP contribution in [0.25, 0.3) is 0 Å². The van der Waals surface area contributed by atoms with E-state index >= 15 is 0 Å². The fraction of sp³-hybridized carbons (Fsp3) is 0. The normalized spacial score (nSPS) is 10.1. The van der Waals surface area contributed by atoms with Gasteiger partial charge in [-0.3, -0.25) is 0 Å². The van der Waals surface area contributed by atoms with Gasteiger partial charge in [0.25, 0.3) is 0 Å². The summed E-state index contributed by atoms with van der Waals surface area (Å²) in [6.07, 6.45) is 0. The first-order valence-corrected chi connectivity index (χ1v) is 2.53. The fourth-order valence-corrected chi connectivity index (χ4v) is 0. The van der Waals surface area contributed by atoms with E-state index in [9.17, 15) is 4.57 Å². The minimum atomic E-state index is -4.37. The number of phosphoric acid groups is 1. The summed E-state index contributed by atoms with van der Waals surface area (Å²) in [5.74, 6) is 4.04. The van der Waals surface area contributed by atoms with E-state index in [1.165, 1.54) is 0 Å². The average Bonchev–Trinajstić information content (AvgIpc) is 1.35. The van der Waals surface area contributed by atoms with E-state index in [1.807, 2.05) is 0 Å². The molecule has 0 saturated carbocycles. The van der Waals surface area contributed by atoms with Crippen molar-refractivity contribution < 1.29 is 45.2 Å². The molecule has 0 aromatic carbocycles. The second-order valence-corrected chi connectivity index (χ2v) is 1.79. The Kier molecular flexibility index (Phi) is 6.04. The molecule has 0 aliphatic heterocycles. The topological polar surface area (TPSA) is 92.8 Å². The zero-order valence-corrected chi connectivity index (χ0v) is 6.59.